The number of aryl methyl sites for hydroxylation is 1. The van der Waals surface area contributed by atoms with Crippen LogP contribution in [0.2, 0.25) is 0 Å². The highest BCUT2D eigenvalue weighted by molar-refractivity contribution is 8.00. The highest BCUT2D eigenvalue weighted by Gasteiger charge is 2.22. The molecule has 2 rings (SSSR count). The third kappa shape index (κ3) is 5.05. The summed E-state index contributed by atoms with van der Waals surface area (Å²) in [7, 11) is 0. The second-order valence-corrected chi connectivity index (χ2v) is 6.76. The fraction of sp³-hybridized carbons (Fsp3) is 0.316. The van der Waals surface area contributed by atoms with Crippen molar-refractivity contribution in [3.8, 4) is 0 Å². The molecule has 0 N–H and O–H groups in total. The number of thioether (sulfide) groups is 1. The van der Waals surface area contributed by atoms with Crippen LogP contribution in [0.25, 0.3) is 0 Å². The molecule has 110 valence electrons. The molecule has 0 fully saturated rings. The SMILES string of the molecule is CC(C)C(Sc1ccccc1)C(=O)CCc1ccccc1. The fourth-order valence-corrected chi connectivity index (χ4v) is 3.40. The second kappa shape index (κ2) is 8.04. The van der Waals surface area contributed by atoms with Crippen LogP contribution in [0.15, 0.2) is 65.6 Å². The van der Waals surface area contributed by atoms with E-state index in [-0.39, 0.29) is 5.25 Å². The summed E-state index contributed by atoms with van der Waals surface area (Å²) in [5, 5.41) is 0.0381. The summed E-state index contributed by atoms with van der Waals surface area (Å²) < 4.78 is 0. The Balaban J connectivity index is 1.96. The lowest BCUT2D eigenvalue weighted by atomic mass is 10.0. The number of hydrogen-bond acceptors (Lipinski definition) is 2. The first kappa shape index (κ1) is 15.8. The Bertz CT molecular complexity index is 548. The van der Waals surface area contributed by atoms with E-state index in [0.29, 0.717) is 18.1 Å². The molecule has 0 saturated heterocycles. The summed E-state index contributed by atoms with van der Waals surface area (Å²) in [6.07, 6.45) is 1.45. The average Bonchev–Trinajstić information content (AvgIpc) is 2.52. The van der Waals surface area contributed by atoms with E-state index < -0.39 is 0 Å². The van der Waals surface area contributed by atoms with Gasteiger partial charge in [0.2, 0.25) is 0 Å². The molecule has 1 unspecified atom stereocenters. The van der Waals surface area contributed by atoms with Crippen LogP contribution < -0.4 is 0 Å². The standard InChI is InChI=1S/C19H22OS/c1-15(2)19(21-17-11-7-4-8-12-17)18(20)14-13-16-9-5-3-6-10-16/h3-12,15,19H,13-14H2,1-2H3. The first-order valence-electron chi connectivity index (χ1n) is 7.45. The van der Waals surface area contributed by atoms with Crippen molar-refractivity contribution in [3.05, 3.63) is 66.2 Å². The lowest BCUT2D eigenvalue weighted by Crippen LogP contribution is -2.23. The largest absolute Gasteiger partial charge is 0.298 e. The van der Waals surface area contributed by atoms with Gasteiger partial charge in [0.05, 0.1) is 5.25 Å². The maximum atomic E-state index is 12.5. The van der Waals surface area contributed by atoms with E-state index in [4.69, 9.17) is 0 Å². The van der Waals surface area contributed by atoms with Gasteiger partial charge in [-0.2, -0.15) is 0 Å². The van der Waals surface area contributed by atoms with Crippen molar-refractivity contribution >= 4 is 17.5 Å². The molecule has 2 aromatic rings. The van der Waals surface area contributed by atoms with Crippen molar-refractivity contribution in [2.45, 2.75) is 36.8 Å². The Hall–Kier alpha value is -1.54. The van der Waals surface area contributed by atoms with Gasteiger partial charge < -0.3 is 0 Å². The lowest BCUT2D eigenvalue weighted by Gasteiger charge is -2.19. The van der Waals surface area contributed by atoms with E-state index in [0.717, 1.165) is 6.42 Å². The number of hydrogen-bond donors (Lipinski definition) is 0. The summed E-state index contributed by atoms with van der Waals surface area (Å²) in [6.45, 7) is 4.25. The average molecular weight is 298 g/mol. The molecule has 0 spiro atoms. The lowest BCUT2D eigenvalue weighted by molar-refractivity contribution is -0.119. The highest BCUT2D eigenvalue weighted by Crippen LogP contribution is 2.29. The van der Waals surface area contributed by atoms with Crippen LogP contribution in [0.1, 0.15) is 25.8 Å². The molecule has 0 aliphatic rings. The monoisotopic (exact) mass is 298 g/mol. The van der Waals surface area contributed by atoms with Gasteiger partial charge in [-0.1, -0.05) is 62.4 Å². The van der Waals surface area contributed by atoms with Gasteiger partial charge in [-0.3, -0.25) is 4.79 Å². The molecular formula is C19H22OS. The number of rotatable bonds is 7. The Labute approximate surface area is 131 Å². The molecule has 1 atom stereocenters. The smallest absolute Gasteiger partial charge is 0.146 e. The predicted octanol–water partition coefficient (Wildman–Crippen LogP) is 5.01. The second-order valence-electron chi connectivity index (χ2n) is 5.55. The van der Waals surface area contributed by atoms with Gasteiger partial charge in [0.25, 0.3) is 0 Å². The van der Waals surface area contributed by atoms with Gasteiger partial charge in [-0.25, -0.2) is 0 Å². The summed E-state index contributed by atoms with van der Waals surface area (Å²) in [4.78, 5) is 13.7. The van der Waals surface area contributed by atoms with E-state index in [1.54, 1.807) is 11.8 Å². The summed E-state index contributed by atoms with van der Waals surface area (Å²) in [5.74, 6) is 0.696. The van der Waals surface area contributed by atoms with Gasteiger partial charge in [0.1, 0.15) is 5.78 Å². The number of carbonyl (C=O) groups is 1. The Morgan fingerprint density at radius 2 is 1.52 bits per heavy atom. The molecule has 2 aromatic carbocycles. The van der Waals surface area contributed by atoms with Crippen LogP contribution in [-0.4, -0.2) is 11.0 Å². The van der Waals surface area contributed by atoms with E-state index in [2.05, 4.69) is 38.1 Å². The topological polar surface area (TPSA) is 17.1 Å². The van der Waals surface area contributed by atoms with E-state index in [1.165, 1.54) is 10.5 Å². The minimum Gasteiger partial charge on any atom is -0.298 e. The molecule has 21 heavy (non-hydrogen) atoms. The molecule has 0 amide bonds. The molecule has 0 saturated carbocycles. The molecule has 0 aliphatic heterocycles. The molecule has 0 heterocycles. The Kier molecular flexibility index (Phi) is 6.06. The summed E-state index contributed by atoms with van der Waals surface area (Å²) in [5.41, 5.74) is 1.23. The minimum atomic E-state index is 0.0381. The zero-order valence-electron chi connectivity index (χ0n) is 12.7. The maximum absolute atomic E-state index is 12.5. The third-order valence-corrected chi connectivity index (χ3v) is 5.04. The first-order chi connectivity index (χ1) is 10.2. The number of Topliss-reactive ketones (excluding diaryl/α,β-unsaturated/α-hetero) is 1. The van der Waals surface area contributed by atoms with Crippen LogP contribution in [0.3, 0.4) is 0 Å². The fourth-order valence-electron chi connectivity index (χ4n) is 2.27. The van der Waals surface area contributed by atoms with Crippen LogP contribution >= 0.6 is 11.8 Å². The number of benzene rings is 2. The van der Waals surface area contributed by atoms with Crippen molar-refractivity contribution in [2.75, 3.05) is 0 Å². The van der Waals surface area contributed by atoms with Crippen molar-refractivity contribution in [2.24, 2.45) is 5.92 Å². The molecule has 1 nitrogen and oxygen atoms in total. The van der Waals surface area contributed by atoms with Crippen LogP contribution in [0, 0.1) is 5.92 Å². The normalized spacial score (nSPS) is 12.3. The van der Waals surface area contributed by atoms with Gasteiger partial charge in [-0.05, 0) is 30.0 Å². The molecule has 2 heteroatoms. The van der Waals surface area contributed by atoms with Crippen molar-refractivity contribution in [3.63, 3.8) is 0 Å². The van der Waals surface area contributed by atoms with Crippen molar-refractivity contribution in [1.29, 1.82) is 0 Å². The Morgan fingerprint density at radius 1 is 0.952 bits per heavy atom. The van der Waals surface area contributed by atoms with Crippen molar-refractivity contribution in [1.82, 2.24) is 0 Å². The van der Waals surface area contributed by atoms with Gasteiger partial charge >= 0.3 is 0 Å². The van der Waals surface area contributed by atoms with E-state index in [1.807, 2.05) is 36.4 Å². The quantitative estimate of drug-likeness (QED) is 0.669. The van der Waals surface area contributed by atoms with Gasteiger partial charge in [-0.15, -0.1) is 11.8 Å². The maximum Gasteiger partial charge on any atom is 0.146 e. The van der Waals surface area contributed by atoms with Gasteiger partial charge in [0, 0.05) is 11.3 Å². The van der Waals surface area contributed by atoms with E-state index >= 15 is 0 Å². The zero-order chi connectivity index (χ0) is 15.1. The number of carbonyl (C=O) groups excluding carboxylic acids is 1. The third-order valence-electron chi connectivity index (χ3n) is 3.43. The molecule has 0 bridgehead atoms. The molecular weight excluding hydrogens is 276 g/mol. The highest BCUT2D eigenvalue weighted by atomic mass is 32.2. The minimum absolute atomic E-state index is 0.0381. The zero-order valence-corrected chi connectivity index (χ0v) is 13.5. The Morgan fingerprint density at radius 3 is 2.10 bits per heavy atom. The van der Waals surface area contributed by atoms with Crippen LogP contribution in [0.4, 0.5) is 0 Å². The predicted molar refractivity (Wildman–Crippen MR) is 90.7 cm³/mol. The molecule has 0 radical (unpaired) electrons. The van der Waals surface area contributed by atoms with Crippen LogP contribution in [-0.2, 0) is 11.2 Å². The molecule has 0 aromatic heterocycles. The first-order valence-corrected chi connectivity index (χ1v) is 8.33. The number of ketones is 1. The summed E-state index contributed by atoms with van der Waals surface area (Å²) in [6, 6.07) is 20.4. The summed E-state index contributed by atoms with van der Waals surface area (Å²) >= 11 is 1.69. The molecule has 0 aliphatic carbocycles. The van der Waals surface area contributed by atoms with Crippen molar-refractivity contribution < 1.29 is 4.79 Å². The van der Waals surface area contributed by atoms with Crippen LogP contribution in [0.5, 0.6) is 0 Å². The van der Waals surface area contributed by atoms with Gasteiger partial charge in [0.15, 0.2) is 0 Å². The van der Waals surface area contributed by atoms with E-state index in [9.17, 15) is 4.79 Å².